The van der Waals surface area contributed by atoms with Crippen LogP contribution in [0.25, 0.3) is 0 Å². The molecule has 1 saturated heterocycles. The maximum absolute atomic E-state index is 4.51. The number of nitrogens with zero attached hydrogens (tertiary/aromatic N) is 1. The molecule has 1 saturated carbocycles. The first-order valence-corrected chi connectivity index (χ1v) is 8.59. The minimum absolute atomic E-state index is 0.699. The summed E-state index contributed by atoms with van der Waals surface area (Å²) < 4.78 is 0. The fraction of sp³-hybridized carbons (Fsp3) is 0.800. The molecule has 0 bridgehead atoms. The highest BCUT2D eigenvalue weighted by atomic mass is 32.1. The lowest BCUT2D eigenvalue weighted by atomic mass is 9.93. The smallest absolute Gasteiger partial charge is 0.107 e. The molecule has 4 heteroatoms. The van der Waals surface area contributed by atoms with Gasteiger partial charge in [-0.3, -0.25) is 0 Å². The Morgan fingerprint density at radius 1 is 1.37 bits per heavy atom. The maximum Gasteiger partial charge on any atom is 0.107 e. The van der Waals surface area contributed by atoms with Gasteiger partial charge in [-0.15, -0.1) is 11.3 Å². The van der Waals surface area contributed by atoms with Crippen LogP contribution in [0.4, 0.5) is 0 Å². The molecule has 0 aromatic carbocycles. The maximum atomic E-state index is 4.51. The van der Waals surface area contributed by atoms with E-state index in [2.05, 4.69) is 22.5 Å². The van der Waals surface area contributed by atoms with Gasteiger partial charge in [0.1, 0.15) is 5.01 Å². The molecule has 0 radical (unpaired) electrons. The molecule has 3 rings (SSSR count). The minimum atomic E-state index is 0.699. The summed E-state index contributed by atoms with van der Waals surface area (Å²) in [4.78, 5) is 5.91. The first kappa shape index (κ1) is 13.5. The Morgan fingerprint density at radius 2 is 2.32 bits per heavy atom. The van der Waals surface area contributed by atoms with Gasteiger partial charge < -0.3 is 10.6 Å². The molecule has 19 heavy (non-hydrogen) atoms. The molecule has 3 atom stereocenters. The summed E-state index contributed by atoms with van der Waals surface area (Å²) in [5.41, 5.74) is 0. The van der Waals surface area contributed by atoms with E-state index in [1.807, 2.05) is 17.5 Å². The van der Waals surface area contributed by atoms with Gasteiger partial charge in [0, 0.05) is 29.7 Å². The Labute approximate surface area is 120 Å². The normalized spacial score (nSPS) is 31.1. The summed E-state index contributed by atoms with van der Waals surface area (Å²) >= 11 is 1.86. The van der Waals surface area contributed by atoms with Gasteiger partial charge in [-0.05, 0) is 44.6 Å². The van der Waals surface area contributed by atoms with Crippen LogP contribution < -0.4 is 10.6 Å². The Kier molecular flexibility index (Phi) is 4.51. The lowest BCUT2D eigenvalue weighted by molar-refractivity contribution is 0.320. The molecule has 106 valence electrons. The van der Waals surface area contributed by atoms with Gasteiger partial charge in [-0.25, -0.2) is 4.98 Å². The number of hydrogen-bond donors (Lipinski definition) is 2. The Bertz CT molecular complexity index is 398. The third kappa shape index (κ3) is 3.18. The van der Waals surface area contributed by atoms with Crippen molar-refractivity contribution in [3.05, 3.63) is 16.1 Å². The highest BCUT2D eigenvalue weighted by molar-refractivity contribution is 7.11. The van der Waals surface area contributed by atoms with E-state index in [0.29, 0.717) is 6.04 Å². The van der Waals surface area contributed by atoms with Crippen molar-refractivity contribution < 1.29 is 0 Å². The monoisotopic (exact) mass is 279 g/mol. The van der Waals surface area contributed by atoms with Gasteiger partial charge in [-0.2, -0.15) is 0 Å². The average molecular weight is 279 g/mol. The van der Waals surface area contributed by atoms with Gasteiger partial charge in [0.15, 0.2) is 0 Å². The van der Waals surface area contributed by atoms with Crippen molar-refractivity contribution in [2.45, 2.75) is 64.1 Å². The van der Waals surface area contributed by atoms with Gasteiger partial charge in [0.25, 0.3) is 0 Å². The average Bonchev–Trinajstić information content (AvgIpc) is 3.16. The first-order chi connectivity index (χ1) is 9.36. The molecule has 1 aliphatic carbocycles. The van der Waals surface area contributed by atoms with Crippen LogP contribution >= 0.6 is 11.3 Å². The van der Waals surface area contributed by atoms with E-state index in [9.17, 15) is 0 Å². The summed E-state index contributed by atoms with van der Waals surface area (Å²) in [5.74, 6) is 0.841. The van der Waals surface area contributed by atoms with Crippen LogP contribution in [0.1, 0.15) is 48.9 Å². The second-order valence-corrected chi connectivity index (χ2v) is 7.06. The van der Waals surface area contributed by atoms with E-state index < -0.39 is 0 Å². The van der Waals surface area contributed by atoms with Crippen molar-refractivity contribution in [3.8, 4) is 0 Å². The van der Waals surface area contributed by atoms with Crippen LogP contribution in [0.3, 0.4) is 0 Å². The summed E-state index contributed by atoms with van der Waals surface area (Å²) in [6, 6.07) is 1.46. The van der Waals surface area contributed by atoms with Gasteiger partial charge in [0.05, 0.1) is 0 Å². The second-order valence-electron chi connectivity index (χ2n) is 5.86. The van der Waals surface area contributed by atoms with Crippen LogP contribution in [0.15, 0.2) is 6.20 Å². The summed E-state index contributed by atoms with van der Waals surface area (Å²) in [7, 11) is 0. The van der Waals surface area contributed by atoms with Gasteiger partial charge in [0.2, 0.25) is 0 Å². The van der Waals surface area contributed by atoms with Crippen LogP contribution in [0.2, 0.25) is 0 Å². The quantitative estimate of drug-likeness (QED) is 0.870. The first-order valence-electron chi connectivity index (χ1n) is 7.77. The predicted octanol–water partition coefficient (Wildman–Crippen LogP) is 2.72. The molecule has 1 aliphatic heterocycles. The summed E-state index contributed by atoms with van der Waals surface area (Å²) in [6.07, 6.45) is 10.0. The molecule has 1 aromatic heterocycles. The third-order valence-electron chi connectivity index (χ3n) is 4.65. The van der Waals surface area contributed by atoms with Crippen molar-refractivity contribution in [3.63, 3.8) is 0 Å². The van der Waals surface area contributed by atoms with Crippen LogP contribution in [0.5, 0.6) is 0 Å². The molecule has 0 spiro atoms. The number of nitrogens with one attached hydrogen (secondary N) is 2. The second kappa shape index (κ2) is 6.33. The van der Waals surface area contributed by atoms with Crippen LogP contribution in [-0.4, -0.2) is 23.6 Å². The Hall–Kier alpha value is -0.450. The van der Waals surface area contributed by atoms with Gasteiger partial charge >= 0.3 is 0 Å². The highest BCUT2D eigenvalue weighted by Gasteiger charge is 2.34. The largest absolute Gasteiger partial charge is 0.314 e. The van der Waals surface area contributed by atoms with E-state index in [0.717, 1.165) is 24.9 Å². The van der Waals surface area contributed by atoms with Crippen molar-refractivity contribution >= 4 is 11.3 Å². The van der Waals surface area contributed by atoms with Crippen LogP contribution in [0, 0.1) is 5.92 Å². The van der Waals surface area contributed by atoms with Crippen LogP contribution in [-0.2, 0) is 13.0 Å². The number of rotatable bonds is 5. The van der Waals surface area contributed by atoms with Crippen molar-refractivity contribution in [1.29, 1.82) is 0 Å². The lowest BCUT2D eigenvalue weighted by Crippen LogP contribution is -2.41. The van der Waals surface area contributed by atoms with E-state index >= 15 is 0 Å². The molecule has 3 nitrogen and oxygen atoms in total. The fourth-order valence-electron chi connectivity index (χ4n) is 3.61. The number of aryl methyl sites for hydroxylation is 1. The number of aromatic nitrogens is 1. The van der Waals surface area contributed by atoms with Crippen molar-refractivity contribution in [1.82, 2.24) is 15.6 Å². The molecule has 2 heterocycles. The minimum Gasteiger partial charge on any atom is -0.314 e. The zero-order valence-corrected chi connectivity index (χ0v) is 12.6. The standard InChI is InChI=1S/C15H25N3S/c1-2-11-9-18-15(19-11)10-17-14-6-3-5-12(14)13-7-4-8-16-13/h9,12-14,16-17H,2-8,10H2,1H3. The summed E-state index contributed by atoms with van der Waals surface area (Å²) in [5, 5.41) is 8.71. The molecule has 2 fully saturated rings. The molecule has 3 unspecified atom stereocenters. The fourth-order valence-corrected chi connectivity index (χ4v) is 4.43. The topological polar surface area (TPSA) is 37.0 Å². The molecule has 2 aliphatic rings. The molecule has 1 aromatic rings. The highest BCUT2D eigenvalue weighted by Crippen LogP contribution is 2.32. The molecular formula is C15H25N3S. The van der Waals surface area contributed by atoms with Crippen molar-refractivity contribution in [2.75, 3.05) is 6.54 Å². The van der Waals surface area contributed by atoms with E-state index in [4.69, 9.17) is 0 Å². The zero-order valence-electron chi connectivity index (χ0n) is 11.8. The van der Waals surface area contributed by atoms with E-state index in [-0.39, 0.29) is 0 Å². The predicted molar refractivity (Wildman–Crippen MR) is 80.5 cm³/mol. The number of hydrogen-bond acceptors (Lipinski definition) is 4. The van der Waals surface area contributed by atoms with E-state index in [1.54, 1.807) is 0 Å². The molecular weight excluding hydrogens is 254 g/mol. The van der Waals surface area contributed by atoms with Gasteiger partial charge in [-0.1, -0.05) is 13.3 Å². The Balaban J connectivity index is 1.53. The summed E-state index contributed by atoms with van der Waals surface area (Å²) in [6.45, 7) is 4.38. The van der Waals surface area contributed by atoms with E-state index in [1.165, 1.54) is 48.5 Å². The SMILES string of the molecule is CCc1cnc(CNC2CCCC2C2CCCN2)s1. The lowest BCUT2D eigenvalue weighted by Gasteiger charge is -2.26. The number of thiazole rings is 1. The molecule has 2 N–H and O–H groups in total. The molecule has 0 amide bonds. The Morgan fingerprint density at radius 3 is 3.05 bits per heavy atom. The zero-order chi connectivity index (χ0) is 13.1. The third-order valence-corrected chi connectivity index (χ3v) is 5.79. The van der Waals surface area contributed by atoms with Crippen molar-refractivity contribution in [2.24, 2.45) is 5.92 Å².